The maximum atomic E-state index is 16.1. The molecule has 1 aromatic heterocycles. The predicted octanol–water partition coefficient (Wildman–Crippen LogP) is 7.15. The third kappa shape index (κ3) is 4.32. The molecule has 1 heterocycles. The molecule has 0 amide bonds. The molecule has 1 fully saturated rings. The van der Waals surface area contributed by atoms with Crippen molar-refractivity contribution in [3.63, 3.8) is 0 Å². The molecular weight excluding hydrogens is 463 g/mol. The standard InChI is InChI=1S/C28H25FN2O3S/c1-15-13-16(2)26-22(14-15)30-28(35-26)31-24-21(25(32)19-9-6-10-20(19)27(33)34)12-11-18(23(24)29)17-7-4-3-5-8-17/h3-5,7-8,11-14,19-20H,6,9-10H2,1-2H3,(H,30,31)(H,33,34)/t19-,20-/m1/s1. The van der Waals surface area contributed by atoms with Crippen molar-refractivity contribution in [2.75, 3.05) is 5.32 Å². The SMILES string of the molecule is Cc1cc(C)c2sc(Nc3c(C(=O)[C@@H]4CCC[C@H]4C(=O)O)ccc(-c4ccccc4)c3F)nc2c1. The highest BCUT2D eigenvalue weighted by molar-refractivity contribution is 7.22. The summed E-state index contributed by atoms with van der Waals surface area (Å²) in [4.78, 5) is 29.9. The molecule has 7 heteroatoms. The predicted molar refractivity (Wildman–Crippen MR) is 137 cm³/mol. The molecule has 4 aromatic rings. The van der Waals surface area contributed by atoms with E-state index < -0.39 is 23.6 Å². The first kappa shape index (κ1) is 23.2. The largest absolute Gasteiger partial charge is 0.481 e. The highest BCUT2D eigenvalue weighted by atomic mass is 32.1. The third-order valence-corrected chi connectivity index (χ3v) is 7.84. The van der Waals surface area contributed by atoms with Gasteiger partial charge in [0.1, 0.15) is 0 Å². The number of ketones is 1. The molecule has 5 nitrogen and oxygen atoms in total. The monoisotopic (exact) mass is 488 g/mol. The van der Waals surface area contributed by atoms with E-state index >= 15 is 4.39 Å². The Bertz CT molecular complexity index is 1450. The lowest BCUT2D eigenvalue weighted by Gasteiger charge is -2.19. The summed E-state index contributed by atoms with van der Waals surface area (Å²) in [6, 6.07) is 16.4. The van der Waals surface area contributed by atoms with Crippen LogP contribution in [0, 0.1) is 31.5 Å². The van der Waals surface area contributed by atoms with Gasteiger partial charge in [-0.3, -0.25) is 9.59 Å². The van der Waals surface area contributed by atoms with Gasteiger partial charge < -0.3 is 10.4 Å². The number of nitrogens with one attached hydrogen (secondary N) is 1. The van der Waals surface area contributed by atoms with E-state index in [1.807, 2.05) is 50.2 Å². The summed E-state index contributed by atoms with van der Waals surface area (Å²) >= 11 is 1.40. The van der Waals surface area contributed by atoms with Crippen LogP contribution in [0.25, 0.3) is 21.3 Å². The molecule has 5 rings (SSSR count). The Balaban J connectivity index is 1.62. The highest BCUT2D eigenvalue weighted by Crippen LogP contribution is 2.40. The Morgan fingerprint density at radius 2 is 1.80 bits per heavy atom. The molecule has 35 heavy (non-hydrogen) atoms. The Kier molecular flexibility index (Phi) is 6.11. The smallest absolute Gasteiger partial charge is 0.307 e. The van der Waals surface area contributed by atoms with Crippen LogP contribution in [0.4, 0.5) is 15.2 Å². The number of carboxylic acid groups (broad SMARTS) is 1. The van der Waals surface area contributed by atoms with Crippen LogP contribution in [0.5, 0.6) is 0 Å². The summed E-state index contributed by atoms with van der Waals surface area (Å²) in [6.07, 6.45) is 1.60. The molecule has 1 aliphatic carbocycles. The van der Waals surface area contributed by atoms with Crippen molar-refractivity contribution in [1.29, 1.82) is 0 Å². The number of carboxylic acids is 1. The number of aryl methyl sites for hydroxylation is 2. The van der Waals surface area contributed by atoms with Crippen molar-refractivity contribution in [1.82, 2.24) is 4.98 Å². The van der Waals surface area contributed by atoms with Crippen molar-refractivity contribution in [3.8, 4) is 11.1 Å². The van der Waals surface area contributed by atoms with Crippen molar-refractivity contribution in [2.45, 2.75) is 33.1 Å². The lowest BCUT2D eigenvalue weighted by Crippen LogP contribution is -2.26. The number of hydrogen-bond acceptors (Lipinski definition) is 5. The zero-order valence-electron chi connectivity index (χ0n) is 19.5. The summed E-state index contributed by atoms with van der Waals surface area (Å²) in [7, 11) is 0. The Labute approximate surface area is 206 Å². The van der Waals surface area contributed by atoms with Gasteiger partial charge in [0.2, 0.25) is 0 Å². The van der Waals surface area contributed by atoms with Crippen LogP contribution in [0.1, 0.15) is 40.7 Å². The average Bonchev–Trinajstić information content (AvgIpc) is 3.48. The summed E-state index contributed by atoms with van der Waals surface area (Å²) < 4.78 is 17.0. The first-order valence-electron chi connectivity index (χ1n) is 11.6. The fourth-order valence-corrected chi connectivity index (χ4v) is 5.97. The first-order chi connectivity index (χ1) is 16.8. The molecule has 0 bridgehead atoms. The van der Waals surface area contributed by atoms with Crippen LogP contribution in [0.2, 0.25) is 0 Å². The molecule has 0 saturated heterocycles. The number of carbonyl (C=O) groups excluding carboxylic acids is 1. The van der Waals surface area contributed by atoms with Gasteiger partial charge in [-0.05, 0) is 55.5 Å². The second-order valence-electron chi connectivity index (χ2n) is 9.14. The average molecular weight is 489 g/mol. The Morgan fingerprint density at radius 3 is 2.54 bits per heavy atom. The van der Waals surface area contributed by atoms with Gasteiger partial charge in [-0.15, -0.1) is 0 Å². The van der Waals surface area contributed by atoms with Gasteiger partial charge in [-0.25, -0.2) is 9.37 Å². The van der Waals surface area contributed by atoms with E-state index in [-0.39, 0.29) is 17.0 Å². The maximum absolute atomic E-state index is 16.1. The van der Waals surface area contributed by atoms with Crippen LogP contribution in [0.15, 0.2) is 54.6 Å². The fourth-order valence-electron chi connectivity index (χ4n) is 5.05. The summed E-state index contributed by atoms with van der Waals surface area (Å²) in [5.41, 5.74) is 4.22. The molecule has 2 N–H and O–H groups in total. The number of thiazole rings is 1. The van der Waals surface area contributed by atoms with E-state index in [9.17, 15) is 14.7 Å². The number of benzene rings is 3. The van der Waals surface area contributed by atoms with Crippen LogP contribution >= 0.6 is 11.3 Å². The second-order valence-corrected chi connectivity index (χ2v) is 10.1. The first-order valence-corrected chi connectivity index (χ1v) is 12.4. The van der Waals surface area contributed by atoms with Crippen molar-refractivity contribution >= 4 is 44.1 Å². The normalized spacial score (nSPS) is 17.6. The number of fused-ring (bicyclic) bond motifs is 1. The summed E-state index contributed by atoms with van der Waals surface area (Å²) in [6.45, 7) is 4.01. The number of carbonyl (C=O) groups is 2. The number of aromatic nitrogens is 1. The van der Waals surface area contributed by atoms with Crippen LogP contribution < -0.4 is 5.32 Å². The molecule has 3 aromatic carbocycles. The minimum atomic E-state index is -0.978. The van der Waals surface area contributed by atoms with Crippen LogP contribution in [-0.2, 0) is 4.79 Å². The highest BCUT2D eigenvalue weighted by Gasteiger charge is 2.39. The molecule has 1 saturated carbocycles. The van der Waals surface area contributed by atoms with E-state index in [4.69, 9.17) is 0 Å². The zero-order valence-corrected chi connectivity index (χ0v) is 20.3. The third-order valence-electron chi connectivity index (χ3n) is 6.71. The molecule has 0 radical (unpaired) electrons. The van der Waals surface area contributed by atoms with E-state index in [1.165, 1.54) is 11.3 Å². The fraction of sp³-hybridized carbons (Fsp3) is 0.250. The maximum Gasteiger partial charge on any atom is 0.307 e. The number of hydrogen-bond donors (Lipinski definition) is 2. The molecule has 0 spiro atoms. The number of Topliss-reactive ketones (excluding diaryl/α,β-unsaturated/α-hetero) is 1. The lowest BCUT2D eigenvalue weighted by atomic mass is 9.87. The molecule has 178 valence electrons. The molecular formula is C28H25FN2O3S. The molecule has 2 atom stereocenters. The van der Waals surface area contributed by atoms with Gasteiger partial charge in [0, 0.05) is 17.0 Å². The number of halogens is 1. The minimum absolute atomic E-state index is 0.0424. The summed E-state index contributed by atoms with van der Waals surface area (Å²) in [5.74, 6) is -3.30. The van der Waals surface area contributed by atoms with Gasteiger partial charge in [0.15, 0.2) is 16.7 Å². The van der Waals surface area contributed by atoms with Crippen LogP contribution in [0.3, 0.4) is 0 Å². The van der Waals surface area contributed by atoms with E-state index in [1.54, 1.807) is 12.1 Å². The van der Waals surface area contributed by atoms with Crippen molar-refractivity contribution in [3.05, 3.63) is 77.1 Å². The lowest BCUT2D eigenvalue weighted by molar-refractivity contribution is -0.142. The zero-order chi connectivity index (χ0) is 24.7. The topological polar surface area (TPSA) is 79.3 Å². The molecule has 0 aliphatic heterocycles. The van der Waals surface area contributed by atoms with Gasteiger partial charge >= 0.3 is 5.97 Å². The molecule has 1 aliphatic rings. The Hall–Kier alpha value is -3.58. The van der Waals surface area contributed by atoms with Gasteiger partial charge in [-0.1, -0.05) is 60.2 Å². The minimum Gasteiger partial charge on any atom is -0.481 e. The number of anilines is 2. The van der Waals surface area contributed by atoms with E-state index in [2.05, 4.69) is 16.4 Å². The van der Waals surface area contributed by atoms with Crippen molar-refractivity contribution < 1.29 is 19.1 Å². The quantitative estimate of drug-likeness (QED) is 0.282. The van der Waals surface area contributed by atoms with Gasteiger partial charge in [0.05, 0.1) is 21.8 Å². The van der Waals surface area contributed by atoms with Crippen molar-refractivity contribution in [2.24, 2.45) is 11.8 Å². The number of nitrogens with zero attached hydrogens (tertiary/aromatic N) is 1. The van der Waals surface area contributed by atoms with E-state index in [0.29, 0.717) is 35.5 Å². The van der Waals surface area contributed by atoms with Crippen LogP contribution in [-0.4, -0.2) is 21.8 Å². The number of aliphatic carboxylic acids is 1. The second kappa shape index (κ2) is 9.23. The van der Waals surface area contributed by atoms with Gasteiger partial charge in [0.25, 0.3) is 0 Å². The molecule has 0 unspecified atom stereocenters. The number of rotatable bonds is 6. The van der Waals surface area contributed by atoms with Gasteiger partial charge in [-0.2, -0.15) is 0 Å². The summed E-state index contributed by atoms with van der Waals surface area (Å²) in [5, 5.41) is 13.2. The van der Waals surface area contributed by atoms with E-state index in [0.717, 1.165) is 21.3 Å². The Morgan fingerprint density at radius 1 is 1.06 bits per heavy atom.